The van der Waals surface area contributed by atoms with Gasteiger partial charge >= 0.3 is 0 Å². The second-order valence-electron chi connectivity index (χ2n) is 3.96. The minimum atomic E-state index is 0.0250. The highest BCUT2D eigenvalue weighted by molar-refractivity contribution is 7.12. The summed E-state index contributed by atoms with van der Waals surface area (Å²) >= 11 is 1.48. The van der Waals surface area contributed by atoms with Gasteiger partial charge in [-0.3, -0.25) is 4.79 Å². The fourth-order valence-electron chi connectivity index (χ4n) is 1.28. The van der Waals surface area contributed by atoms with E-state index in [-0.39, 0.29) is 12.0 Å². The lowest BCUT2D eigenvalue weighted by molar-refractivity contribution is 0.0757. The Hall–Kier alpha value is -0.870. The Morgan fingerprint density at radius 2 is 2.31 bits per heavy atom. The Balaban J connectivity index is 2.19. The largest absolute Gasteiger partial charge is 0.379 e. The van der Waals surface area contributed by atoms with E-state index in [4.69, 9.17) is 4.74 Å². The van der Waals surface area contributed by atoms with Crippen LogP contribution < -0.4 is 5.32 Å². The third kappa shape index (κ3) is 4.33. The van der Waals surface area contributed by atoms with Crippen molar-refractivity contribution < 1.29 is 9.53 Å². The summed E-state index contributed by atoms with van der Waals surface area (Å²) in [6, 6.07) is 1.96. The van der Waals surface area contributed by atoms with Crippen molar-refractivity contribution in [2.75, 3.05) is 13.2 Å². The van der Waals surface area contributed by atoms with Gasteiger partial charge in [0.1, 0.15) is 0 Å². The first-order valence-electron chi connectivity index (χ1n) is 5.55. The molecule has 1 heterocycles. The van der Waals surface area contributed by atoms with Crippen LogP contribution in [0, 0.1) is 6.92 Å². The zero-order valence-electron chi connectivity index (χ0n) is 10.1. The molecule has 0 atom stereocenters. The average molecular weight is 241 g/mol. The second-order valence-corrected chi connectivity index (χ2v) is 4.88. The van der Waals surface area contributed by atoms with E-state index in [1.807, 2.05) is 32.2 Å². The number of amides is 1. The van der Waals surface area contributed by atoms with Crippen molar-refractivity contribution in [1.29, 1.82) is 0 Å². The van der Waals surface area contributed by atoms with E-state index in [0.717, 1.165) is 16.9 Å². The predicted octanol–water partition coefficient (Wildman–Crippen LogP) is 2.60. The second kappa shape index (κ2) is 6.66. The molecule has 0 aliphatic carbocycles. The first-order valence-corrected chi connectivity index (χ1v) is 6.43. The van der Waals surface area contributed by atoms with Gasteiger partial charge in [-0.05, 0) is 44.2 Å². The summed E-state index contributed by atoms with van der Waals surface area (Å²) in [7, 11) is 0. The number of carbonyl (C=O) groups is 1. The molecule has 16 heavy (non-hydrogen) atoms. The van der Waals surface area contributed by atoms with Gasteiger partial charge < -0.3 is 10.1 Å². The van der Waals surface area contributed by atoms with Crippen molar-refractivity contribution in [2.24, 2.45) is 0 Å². The molecule has 0 spiro atoms. The maximum atomic E-state index is 11.7. The molecule has 90 valence electrons. The van der Waals surface area contributed by atoms with Crippen LogP contribution in [-0.2, 0) is 4.74 Å². The van der Waals surface area contributed by atoms with Gasteiger partial charge in [0.25, 0.3) is 5.91 Å². The minimum Gasteiger partial charge on any atom is -0.379 e. The molecule has 0 aliphatic heterocycles. The van der Waals surface area contributed by atoms with Crippen molar-refractivity contribution in [1.82, 2.24) is 5.32 Å². The molecule has 1 aromatic heterocycles. The highest BCUT2D eigenvalue weighted by atomic mass is 32.1. The van der Waals surface area contributed by atoms with E-state index in [1.54, 1.807) is 0 Å². The van der Waals surface area contributed by atoms with Gasteiger partial charge in [0.05, 0.1) is 11.0 Å². The quantitative estimate of drug-likeness (QED) is 0.777. The SMILES string of the molecule is Cc1ccsc1C(=O)NCCCOC(C)C. The molecule has 0 unspecified atom stereocenters. The van der Waals surface area contributed by atoms with Crippen LogP contribution in [0.1, 0.15) is 35.5 Å². The maximum Gasteiger partial charge on any atom is 0.261 e. The standard InChI is InChI=1S/C12H19NO2S/c1-9(2)15-7-4-6-13-12(14)11-10(3)5-8-16-11/h5,8-9H,4,6-7H2,1-3H3,(H,13,14). The first kappa shape index (κ1) is 13.2. The number of aryl methyl sites for hydroxylation is 1. The topological polar surface area (TPSA) is 38.3 Å². The number of hydrogen-bond acceptors (Lipinski definition) is 3. The van der Waals surface area contributed by atoms with Gasteiger partial charge in [-0.2, -0.15) is 0 Å². The van der Waals surface area contributed by atoms with Crippen molar-refractivity contribution in [2.45, 2.75) is 33.3 Å². The molecule has 0 fully saturated rings. The molecular weight excluding hydrogens is 222 g/mol. The molecule has 1 aromatic rings. The van der Waals surface area contributed by atoms with Gasteiger partial charge in [0, 0.05) is 13.2 Å². The van der Waals surface area contributed by atoms with Crippen molar-refractivity contribution >= 4 is 17.2 Å². The molecule has 0 radical (unpaired) electrons. The molecule has 0 saturated carbocycles. The zero-order valence-corrected chi connectivity index (χ0v) is 10.9. The Kier molecular flexibility index (Phi) is 5.49. The van der Waals surface area contributed by atoms with Crippen LogP contribution in [0.3, 0.4) is 0 Å². The van der Waals surface area contributed by atoms with Crippen molar-refractivity contribution in [3.8, 4) is 0 Å². The molecule has 1 N–H and O–H groups in total. The zero-order chi connectivity index (χ0) is 12.0. The molecule has 3 nitrogen and oxygen atoms in total. The lowest BCUT2D eigenvalue weighted by atomic mass is 10.3. The van der Waals surface area contributed by atoms with Gasteiger partial charge in [0.2, 0.25) is 0 Å². The molecule has 0 bridgehead atoms. The molecule has 0 saturated heterocycles. The van der Waals surface area contributed by atoms with Gasteiger partial charge in [-0.15, -0.1) is 11.3 Å². The van der Waals surface area contributed by atoms with Gasteiger partial charge in [-0.25, -0.2) is 0 Å². The fraction of sp³-hybridized carbons (Fsp3) is 0.583. The lowest BCUT2D eigenvalue weighted by Crippen LogP contribution is -2.25. The fourth-order valence-corrected chi connectivity index (χ4v) is 2.12. The van der Waals surface area contributed by atoms with Crippen LogP contribution in [0.25, 0.3) is 0 Å². The van der Waals surface area contributed by atoms with Crippen molar-refractivity contribution in [3.05, 3.63) is 21.9 Å². The summed E-state index contributed by atoms with van der Waals surface area (Å²) in [6.07, 6.45) is 1.11. The third-order valence-electron chi connectivity index (χ3n) is 2.13. The molecule has 4 heteroatoms. The summed E-state index contributed by atoms with van der Waals surface area (Å²) in [6.45, 7) is 7.33. The number of carbonyl (C=O) groups excluding carboxylic acids is 1. The normalized spacial score (nSPS) is 10.8. The van der Waals surface area contributed by atoms with E-state index < -0.39 is 0 Å². The van der Waals surface area contributed by atoms with Gasteiger partial charge in [0.15, 0.2) is 0 Å². The average Bonchev–Trinajstić information content (AvgIpc) is 2.63. The Bertz CT molecular complexity index is 334. The van der Waals surface area contributed by atoms with Crippen LogP contribution in [-0.4, -0.2) is 25.2 Å². The maximum absolute atomic E-state index is 11.7. The third-order valence-corrected chi connectivity index (χ3v) is 3.14. The smallest absolute Gasteiger partial charge is 0.261 e. The van der Waals surface area contributed by atoms with Crippen LogP contribution in [0.5, 0.6) is 0 Å². The van der Waals surface area contributed by atoms with E-state index in [1.165, 1.54) is 11.3 Å². The van der Waals surface area contributed by atoms with E-state index >= 15 is 0 Å². The van der Waals surface area contributed by atoms with Crippen LogP contribution in [0.4, 0.5) is 0 Å². The monoisotopic (exact) mass is 241 g/mol. The molecule has 0 aliphatic rings. The summed E-state index contributed by atoms with van der Waals surface area (Å²) in [5.74, 6) is 0.0250. The van der Waals surface area contributed by atoms with Crippen LogP contribution in [0.15, 0.2) is 11.4 Å². The Labute approximate surface area is 101 Å². The first-order chi connectivity index (χ1) is 7.61. The predicted molar refractivity (Wildman–Crippen MR) is 67.1 cm³/mol. The Morgan fingerprint density at radius 1 is 1.56 bits per heavy atom. The van der Waals surface area contributed by atoms with E-state index in [2.05, 4.69) is 5.32 Å². The molecule has 0 aromatic carbocycles. The number of hydrogen-bond donors (Lipinski definition) is 1. The summed E-state index contributed by atoms with van der Waals surface area (Å²) < 4.78 is 5.39. The number of thiophene rings is 1. The summed E-state index contributed by atoms with van der Waals surface area (Å²) in [4.78, 5) is 12.5. The van der Waals surface area contributed by atoms with E-state index in [9.17, 15) is 4.79 Å². The summed E-state index contributed by atoms with van der Waals surface area (Å²) in [5.41, 5.74) is 1.04. The number of nitrogens with one attached hydrogen (secondary N) is 1. The highest BCUT2D eigenvalue weighted by Crippen LogP contribution is 2.14. The Morgan fingerprint density at radius 3 is 2.88 bits per heavy atom. The molecule has 1 rings (SSSR count). The van der Waals surface area contributed by atoms with Crippen molar-refractivity contribution in [3.63, 3.8) is 0 Å². The number of rotatable bonds is 6. The highest BCUT2D eigenvalue weighted by Gasteiger charge is 2.08. The van der Waals surface area contributed by atoms with Crippen LogP contribution in [0.2, 0.25) is 0 Å². The van der Waals surface area contributed by atoms with E-state index in [0.29, 0.717) is 13.2 Å². The lowest BCUT2D eigenvalue weighted by Gasteiger charge is -2.07. The number of ether oxygens (including phenoxy) is 1. The minimum absolute atomic E-state index is 0.0250. The van der Waals surface area contributed by atoms with Gasteiger partial charge in [-0.1, -0.05) is 0 Å². The van der Waals surface area contributed by atoms with Crippen LogP contribution >= 0.6 is 11.3 Å². The molecular formula is C12H19NO2S. The molecule has 1 amide bonds. The summed E-state index contributed by atoms with van der Waals surface area (Å²) in [5, 5.41) is 4.83.